The molecule has 1 aromatic carbocycles. The fourth-order valence-electron chi connectivity index (χ4n) is 4.78. The van der Waals surface area contributed by atoms with E-state index in [9.17, 15) is 0 Å². The van der Waals surface area contributed by atoms with Crippen LogP contribution in [0.5, 0.6) is 0 Å². The molecule has 3 fully saturated rings. The number of anilines is 1. The maximum absolute atomic E-state index is 3.65. The lowest BCUT2D eigenvalue weighted by Gasteiger charge is -2.51. The molecule has 2 bridgehead atoms. The van der Waals surface area contributed by atoms with Crippen molar-refractivity contribution in [3.8, 4) is 0 Å². The van der Waals surface area contributed by atoms with Gasteiger partial charge in [0.15, 0.2) is 0 Å². The second-order valence-corrected chi connectivity index (χ2v) is 6.96. The smallest absolute Gasteiger partial charge is 0.0367 e. The molecule has 4 rings (SSSR count). The van der Waals surface area contributed by atoms with Crippen molar-refractivity contribution in [2.45, 2.75) is 25.3 Å². The van der Waals surface area contributed by atoms with Crippen LogP contribution >= 0.6 is 0 Å². The third-order valence-electron chi connectivity index (χ3n) is 5.79. The van der Waals surface area contributed by atoms with Crippen LogP contribution in [0.2, 0.25) is 0 Å². The zero-order valence-electron chi connectivity index (χ0n) is 12.9. The summed E-state index contributed by atoms with van der Waals surface area (Å²) in [5.41, 5.74) is 1.39. The van der Waals surface area contributed by atoms with Gasteiger partial charge in [0.2, 0.25) is 0 Å². The summed E-state index contributed by atoms with van der Waals surface area (Å²) in [6, 6.07) is 11.8. The number of fused-ring (bicyclic) bond motifs is 2. The maximum Gasteiger partial charge on any atom is 0.0367 e. The second-order valence-electron chi connectivity index (χ2n) is 6.96. The highest BCUT2D eigenvalue weighted by Crippen LogP contribution is 2.35. The van der Waals surface area contributed by atoms with Crippen molar-refractivity contribution in [2.75, 3.05) is 44.2 Å². The van der Waals surface area contributed by atoms with Gasteiger partial charge in [-0.3, -0.25) is 4.90 Å². The van der Waals surface area contributed by atoms with E-state index in [0.717, 1.165) is 17.9 Å². The second kappa shape index (κ2) is 5.98. The van der Waals surface area contributed by atoms with Gasteiger partial charge in [0, 0.05) is 37.9 Å². The fraction of sp³-hybridized carbons (Fsp3) is 0.667. The molecular formula is C18H27N3. The average Bonchev–Trinajstić information content (AvgIpc) is 2.55. The standard InChI is InChI=1S/C18H27N3/c1-2-7-17(8-3-1)20-9-11-21(12-10-20)18-15-5-4-6-16(18)14-19-13-15/h1-3,7-8,15-16,18-19H,4-6,9-14H2/t15-,16-/m1/s1. The van der Waals surface area contributed by atoms with E-state index in [0.29, 0.717) is 0 Å². The molecule has 3 nitrogen and oxygen atoms in total. The first-order valence-corrected chi connectivity index (χ1v) is 8.66. The van der Waals surface area contributed by atoms with Crippen LogP contribution in [0, 0.1) is 11.8 Å². The molecule has 1 aliphatic carbocycles. The quantitative estimate of drug-likeness (QED) is 0.899. The van der Waals surface area contributed by atoms with E-state index < -0.39 is 0 Å². The van der Waals surface area contributed by atoms with E-state index >= 15 is 0 Å². The number of rotatable bonds is 2. The van der Waals surface area contributed by atoms with E-state index in [1.54, 1.807) is 0 Å². The SMILES string of the molecule is c1ccc(N2CCN(C3[C@@H]4CCC[C@@H]3CNC4)CC2)cc1. The molecule has 2 aliphatic heterocycles. The van der Waals surface area contributed by atoms with Crippen LogP contribution in [0.3, 0.4) is 0 Å². The maximum atomic E-state index is 3.65. The third-order valence-corrected chi connectivity index (χ3v) is 5.79. The molecule has 2 saturated heterocycles. The Bertz CT molecular complexity index is 431. The van der Waals surface area contributed by atoms with Crippen LogP contribution in [0.4, 0.5) is 5.69 Å². The highest BCUT2D eigenvalue weighted by molar-refractivity contribution is 5.46. The average molecular weight is 285 g/mol. The van der Waals surface area contributed by atoms with E-state index in [1.807, 2.05) is 0 Å². The van der Waals surface area contributed by atoms with Crippen LogP contribution in [0.25, 0.3) is 0 Å². The van der Waals surface area contributed by atoms with Crippen molar-refractivity contribution in [1.29, 1.82) is 0 Å². The predicted octanol–water partition coefficient (Wildman–Crippen LogP) is 2.20. The van der Waals surface area contributed by atoms with Gasteiger partial charge in [0.1, 0.15) is 0 Å². The number of para-hydroxylation sites is 1. The normalized spacial score (nSPS) is 33.9. The minimum absolute atomic E-state index is 0.859. The van der Waals surface area contributed by atoms with Gasteiger partial charge in [-0.25, -0.2) is 0 Å². The van der Waals surface area contributed by atoms with Gasteiger partial charge in [0.25, 0.3) is 0 Å². The zero-order valence-corrected chi connectivity index (χ0v) is 12.9. The molecule has 2 atom stereocenters. The molecule has 21 heavy (non-hydrogen) atoms. The minimum Gasteiger partial charge on any atom is -0.369 e. The van der Waals surface area contributed by atoms with Gasteiger partial charge in [0.05, 0.1) is 0 Å². The van der Waals surface area contributed by atoms with Crippen molar-refractivity contribution in [3.05, 3.63) is 30.3 Å². The lowest BCUT2D eigenvalue weighted by atomic mass is 9.73. The lowest BCUT2D eigenvalue weighted by molar-refractivity contribution is 0.0283. The van der Waals surface area contributed by atoms with Crippen LogP contribution < -0.4 is 10.2 Å². The number of hydrogen-bond acceptors (Lipinski definition) is 3. The van der Waals surface area contributed by atoms with Crippen molar-refractivity contribution in [3.63, 3.8) is 0 Å². The monoisotopic (exact) mass is 285 g/mol. The van der Waals surface area contributed by atoms with Crippen LogP contribution in [-0.4, -0.2) is 50.2 Å². The van der Waals surface area contributed by atoms with Gasteiger partial charge >= 0.3 is 0 Å². The minimum atomic E-state index is 0.859. The van der Waals surface area contributed by atoms with E-state index in [1.165, 1.54) is 64.2 Å². The first-order valence-electron chi connectivity index (χ1n) is 8.66. The molecule has 0 amide bonds. The Kier molecular flexibility index (Phi) is 3.87. The molecule has 1 aromatic rings. The van der Waals surface area contributed by atoms with Crippen molar-refractivity contribution in [2.24, 2.45) is 11.8 Å². The van der Waals surface area contributed by atoms with Gasteiger partial charge < -0.3 is 10.2 Å². The molecule has 1 saturated carbocycles. The molecule has 0 aromatic heterocycles. The highest BCUT2D eigenvalue weighted by atomic mass is 15.3. The summed E-state index contributed by atoms with van der Waals surface area (Å²) in [7, 11) is 0. The first-order chi connectivity index (χ1) is 10.4. The summed E-state index contributed by atoms with van der Waals surface area (Å²) >= 11 is 0. The first kappa shape index (κ1) is 13.6. The molecule has 0 unspecified atom stereocenters. The largest absolute Gasteiger partial charge is 0.369 e. The number of benzene rings is 1. The third kappa shape index (κ3) is 2.69. The Labute approximate surface area is 128 Å². The fourth-order valence-corrected chi connectivity index (χ4v) is 4.78. The van der Waals surface area contributed by atoms with Gasteiger partial charge in [-0.1, -0.05) is 24.6 Å². The highest BCUT2D eigenvalue weighted by Gasteiger charge is 2.40. The summed E-state index contributed by atoms with van der Waals surface area (Å²) in [6.07, 6.45) is 4.33. The summed E-state index contributed by atoms with van der Waals surface area (Å²) in [4.78, 5) is 5.36. The number of nitrogens with one attached hydrogen (secondary N) is 1. The summed E-state index contributed by atoms with van der Waals surface area (Å²) in [6.45, 7) is 7.36. The zero-order chi connectivity index (χ0) is 14.1. The van der Waals surface area contributed by atoms with Crippen molar-refractivity contribution in [1.82, 2.24) is 10.2 Å². The molecule has 2 heterocycles. The summed E-state index contributed by atoms with van der Waals surface area (Å²) < 4.78 is 0. The number of nitrogens with zero attached hydrogens (tertiary/aromatic N) is 2. The molecular weight excluding hydrogens is 258 g/mol. The van der Waals surface area contributed by atoms with E-state index in [4.69, 9.17) is 0 Å². The number of piperazine rings is 1. The van der Waals surface area contributed by atoms with Crippen LogP contribution in [0.1, 0.15) is 19.3 Å². The van der Waals surface area contributed by atoms with E-state index in [2.05, 4.69) is 45.4 Å². The van der Waals surface area contributed by atoms with Crippen molar-refractivity contribution < 1.29 is 0 Å². The Morgan fingerprint density at radius 1 is 0.857 bits per heavy atom. The number of piperidine rings is 1. The molecule has 3 heteroatoms. The topological polar surface area (TPSA) is 18.5 Å². The Morgan fingerprint density at radius 3 is 2.19 bits per heavy atom. The molecule has 114 valence electrons. The molecule has 0 spiro atoms. The Morgan fingerprint density at radius 2 is 1.52 bits per heavy atom. The molecule has 3 aliphatic rings. The molecule has 0 radical (unpaired) electrons. The van der Waals surface area contributed by atoms with Gasteiger partial charge in [-0.2, -0.15) is 0 Å². The number of hydrogen-bond donors (Lipinski definition) is 1. The molecule has 1 N–H and O–H groups in total. The van der Waals surface area contributed by atoms with Gasteiger partial charge in [-0.15, -0.1) is 0 Å². The van der Waals surface area contributed by atoms with E-state index in [-0.39, 0.29) is 0 Å². The summed E-state index contributed by atoms with van der Waals surface area (Å²) in [5, 5.41) is 3.65. The van der Waals surface area contributed by atoms with Crippen molar-refractivity contribution >= 4 is 5.69 Å². The lowest BCUT2D eigenvalue weighted by Crippen LogP contribution is -2.61. The Balaban J connectivity index is 1.41. The van der Waals surface area contributed by atoms with Crippen LogP contribution in [-0.2, 0) is 0 Å². The summed E-state index contributed by atoms with van der Waals surface area (Å²) in [5.74, 6) is 1.81. The van der Waals surface area contributed by atoms with Gasteiger partial charge in [-0.05, 0) is 49.9 Å². The predicted molar refractivity (Wildman–Crippen MR) is 87.7 cm³/mol. The Hall–Kier alpha value is -1.06. The van der Waals surface area contributed by atoms with Crippen LogP contribution in [0.15, 0.2) is 30.3 Å².